The van der Waals surface area contributed by atoms with Crippen LogP contribution in [0.2, 0.25) is 5.02 Å². The lowest BCUT2D eigenvalue weighted by Crippen LogP contribution is -2.41. The van der Waals surface area contributed by atoms with Crippen LogP contribution in [0.5, 0.6) is 0 Å². The number of benzene rings is 4. The summed E-state index contributed by atoms with van der Waals surface area (Å²) in [6.07, 6.45) is 2.44. The first-order valence-electron chi connectivity index (χ1n) is 13.0. The summed E-state index contributed by atoms with van der Waals surface area (Å²) in [4.78, 5) is 28.4. The maximum Gasteiger partial charge on any atom is 0.251 e. The van der Waals surface area contributed by atoms with Crippen molar-refractivity contribution in [3.05, 3.63) is 101 Å². The van der Waals surface area contributed by atoms with Crippen LogP contribution in [-0.2, 0) is 11.3 Å². The molecule has 0 aromatic heterocycles. The zero-order chi connectivity index (χ0) is 26.6. The molecule has 6 heteroatoms. The van der Waals surface area contributed by atoms with Gasteiger partial charge in [-0.15, -0.1) is 0 Å². The van der Waals surface area contributed by atoms with Gasteiger partial charge in [0.1, 0.15) is 0 Å². The van der Waals surface area contributed by atoms with Crippen LogP contribution in [0, 0.1) is 5.92 Å². The Morgan fingerprint density at radius 1 is 0.895 bits per heavy atom. The van der Waals surface area contributed by atoms with Crippen LogP contribution in [0.3, 0.4) is 0 Å². The van der Waals surface area contributed by atoms with Gasteiger partial charge in [0.25, 0.3) is 5.91 Å². The second-order valence-electron chi connectivity index (χ2n) is 10.3. The summed E-state index contributed by atoms with van der Waals surface area (Å²) < 4.78 is 0. The summed E-state index contributed by atoms with van der Waals surface area (Å²) in [6.45, 7) is 0.858. The maximum atomic E-state index is 13.2. The molecule has 1 fully saturated rings. The average molecular weight is 526 g/mol. The van der Waals surface area contributed by atoms with Crippen LogP contribution in [0.15, 0.2) is 84.9 Å². The van der Waals surface area contributed by atoms with Gasteiger partial charge in [-0.1, -0.05) is 66.6 Å². The molecule has 1 saturated carbocycles. The van der Waals surface area contributed by atoms with Crippen molar-refractivity contribution < 1.29 is 9.59 Å². The van der Waals surface area contributed by atoms with E-state index in [2.05, 4.69) is 47.8 Å². The second-order valence-corrected chi connectivity index (χ2v) is 10.7. The number of amides is 2. The Morgan fingerprint density at radius 3 is 2.42 bits per heavy atom. The number of carbonyl (C=O) groups excluding carboxylic acids is 2. The van der Waals surface area contributed by atoms with Gasteiger partial charge in [0.2, 0.25) is 5.91 Å². The Balaban J connectivity index is 1.24. The molecule has 0 aliphatic heterocycles. The predicted molar refractivity (Wildman–Crippen MR) is 155 cm³/mol. The molecule has 0 heterocycles. The van der Waals surface area contributed by atoms with Crippen molar-refractivity contribution >= 4 is 39.9 Å². The molecular weight excluding hydrogens is 494 g/mol. The van der Waals surface area contributed by atoms with Crippen LogP contribution in [-0.4, -0.2) is 36.9 Å². The lowest BCUT2D eigenvalue weighted by molar-refractivity contribution is -0.120. The number of hydrogen-bond acceptors (Lipinski definition) is 3. The van der Waals surface area contributed by atoms with Crippen molar-refractivity contribution in [2.45, 2.75) is 31.8 Å². The van der Waals surface area contributed by atoms with E-state index in [1.165, 1.54) is 11.1 Å². The van der Waals surface area contributed by atoms with E-state index in [4.69, 9.17) is 11.6 Å². The number of rotatable bonds is 7. The highest BCUT2D eigenvalue weighted by molar-refractivity contribution is 6.31. The monoisotopic (exact) mass is 525 g/mol. The molecule has 5 nitrogen and oxygen atoms in total. The van der Waals surface area contributed by atoms with Gasteiger partial charge in [-0.3, -0.25) is 9.59 Å². The molecule has 1 aliphatic rings. The number of carbonyl (C=O) groups is 2. The van der Waals surface area contributed by atoms with Gasteiger partial charge < -0.3 is 15.5 Å². The van der Waals surface area contributed by atoms with Gasteiger partial charge in [-0.05, 0) is 90.8 Å². The normalized spacial score (nSPS) is 17.1. The van der Waals surface area contributed by atoms with E-state index in [0.717, 1.165) is 47.8 Å². The van der Waals surface area contributed by atoms with Crippen molar-refractivity contribution in [1.82, 2.24) is 10.2 Å². The van der Waals surface area contributed by atoms with Crippen LogP contribution in [0.1, 0.15) is 35.2 Å². The number of nitrogens with zero attached hydrogens (tertiary/aromatic N) is 1. The minimum Gasteiger partial charge on any atom is -0.349 e. The summed E-state index contributed by atoms with van der Waals surface area (Å²) in [5.41, 5.74) is 4.90. The van der Waals surface area contributed by atoms with Crippen LogP contribution >= 0.6 is 11.6 Å². The molecule has 0 saturated heterocycles. The minimum atomic E-state index is -0.265. The van der Waals surface area contributed by atoms with Gasteiger partial charge in [0, 0.05) is 28.9 Å². The largest absolute Gasteiger partial charge is 0.349 e. The number of anilines is 1. The van der Waals surface area contributed by atoms with E-state index in [0.29, 0.717) is 10.6 Å². The van der Waals surface area contributed by atoms with Crippen molar-refractivity contribution in [2.24, 2.45) is 5.92 Å². The van der Waals surface area contributed by atoms with Gasteiger partial charge >= 0.3 is 0 Å². The van der Waals surface area contributed by atoms with E-state index in [1.807, 2.05) is 60.7 Å². The Kier molecular flexibility index (Phi) is 7.77. The van der Waals surface area contributed by atoms with E-state index in [-0.39, 0.29) is 23.8 Å². The van der Waals surface area contributed by atoms with Crippen LogP contribution < -0.4 is 10.6 Å². The standard InChI is InChI=1S/C32H32ClN3O2/c1-36(2)20-25-6-3-4-7-28(25)21-13-16-27(17-14-21)34-32(38)29-8-5-9-30(29)35-31(37)24-11-10-23-19-26(33)15-12-22(23)18-24/h3-4,6-7,10-19,29-30H,5,8-9,20H2,1-2H3,(H,34,38)(H,35,37)/t29-,30+/m0/s1. The fourth-order valence-electron chi connectivity index (χ4n) is 5.30. The van der Waals surface area contributed by atoms with Crippen molar-refractivity contribution in [3.63, 3.8) is 0 Å². The topological polar surface area (TPSA) is 61.4 Å². The number of fused-ring (bicyclic) bond motifs is 1. The molecule has 194 valence electrons. The minimum absolute atomic E-state index is 0.0540. The fourth-order valence-corrected chi connectivity index (χ4v) is 5.49. The maximum absolute atomic E-state index is 13.2. The molecule has 2 amide bonds. The van der Waals surface area contributed by atoms with Gasteiger partial charge in [0.05, 0.1) is 5.92 Å². The fraction of sp³-hybridized carbons (Fsp3) is 0.250. The number of nitrogens with one attached hydrogen (secondary N) is 2. The SMILES string of the molecule is CN(C)Cc1ccccc1-c1ccc(NC(=O)[C@H]2CCC[C@H]2NC(=O)c2ccc3cc(Cl)ccc3c2)cc1. The molecule has 4 aromatic rings. The first kappa shape index (κ1) is 26.0. The highest BCUT2D eigenvalue weighted by Crippen LogP contribution is 2.29. The molecule has 2 N–H and O–H groups in total. The highest BCUT2D eigenvalue weighted by Gasteiger charge is 2.34. The molecule has 0 unspecified atom stereocenters. The molecular formula is C32H32ClN3O2. The van der Waals surface area contributed by atoms with Gasteiger partial charge in [0.15, 0.2) is 0 Å². The average Bonchev–Trinajstić information content (AvgIpc) is 3.37. The van der Waals surface area contributed by atoms with Gasteiger partial charge in [-0.2, -0.15) is 0 Å². The highest BCUT2D eigenvalue weighted by atomic mass is 35.5. The Morgan fingerprint density at radius 2 is 1.63 bits per heavy atom. The molecule has 38 heavy (non-hydrogen) atoms. The molecule has 4 aromatic carbocycles. The van der Waals surface area contributed by atoms with E-state index in [9.17, 15) is 9.59 Å². The number of hydrogen-bond donors (Lipinski definition) is 2. The quantitative estimate of drug-likeness (QED) is 0.280. The molecule has 0 spiro atoms. The molecule has 5 rings (SSSR count). The lowest BCUT2D eigenvalue weighted by Gasteiger charge is -2.21. The first-order valence-corrected chi connectivity index (χ1v) is 13.4. The van der Waals surface area contributed by atoms with E-state index >= 15 is 0 Å². The summed E-state index contributed by atoms with van der Waals surface area (Å²) in [7, 11) is 4.12. The van der Waals surface area contributed by atoms with Crippen molar-refractivity contribution in [1.29, 1.82) is 0 Å². The van der Waals surface area contributed by atoms with E-state index in [1.54, 1.807) is 6.07 Å². The Hall–Kier alpha value is -3.67. The molecule has 0 bridgehead atoms. The molecule has 0 radical (unpaired) electrons. The predicted octanol–water partition coefficient (Wildman–Crippen LogP) is 6.76. The van der Waals surface area contributed by atoms with Gasteiger partial charge in [-0.25, -0.2) is 0 Å². The summed E-state index contributed by atoms with van der Waals surface area (Å²) in [6, 6.07) is 27.3. The summed E-state index contributed by atoms with van der Waals surface area (Å²) >= 11 is 6.08. The number of halogens is 1. The third-order valence-electron chi connectivity index (χ3n) is 7.20. The van der Waals surface area contributed by atoms with Crippen LogP contribution in [0.4, 0.5) is 5.69 Å². The summed E-state index contributed by atoms with van der Waals surface area (Å²) in [5, 5.41) is 8.79. The third-order valence-corrected chi connectivity index (χ3v) is 7.44. The van der Waals surface area contributed by atoms with E-state index < -0.39 is 0 Å². The van der Waals surface area contributed by atoms with Crippen LogP contribution in [0.25, 0.3) is 21.9 Å². The third kappa shape index (κ3) is 5.90. The smallest absolute Gasteiger partial charge is 0.251 e. The van der Waals surface area contributed by atoms with Crippen molar-refractivity contribution in [2.75, 3.05) is 19.4 Å². The Labute approximate surface area is 228 Å². The zero-order valence-corrected chi connectivity index (χ0v) is 22.5. The molecule has 1 aliphatic carbocycles. The summed E-state index contributed by atoms with van der Waals surface area (Å²) in [5.74, 6) is -0.479. The second kappa shape index (κ2) is 11.4. The zero-order valence-electron chi connectivity index (χ0n) is 21.7. The first-order chi connectivity index (χ1) is 18.4. The Bertz CT molecular complexity index is 1470. The van der Waals surface area contributed by atoms with Crippen molar-refractivity contribution in [3.8, 4) is 11.1 Å². The molecule has 2 atom stereocenters. The lowest BCUT2D eigenvalue weighted by atomic mass is 9.98.